The van der Waals surface area contributed by atoms with Crippen LogP contribution < -0.4 is 0 Å². The Morgan fingerprint density at radius 1 is 0.923 bits per heavy atom. The Balaban J connectivity index is 1.67. The lowest BCUT2D eigenvalue weighted by atomic mass is 10.1. The number of hydrogen-bond donors (Lipinski definition) is 1. The number of carboxylic acid groups (broad SMARTS) is 1. The number of nitrogens with zero attached hydrogens (tertiary/aromatic N) is 4. The van der Waals surface area contributed by atoms with Crippen LogP contribution in [0.15, 0.2) is 42.6 Å². The number of imidazole rings is 1. The number of aromatic carboxylic acids is 1. The Morgan fingerprint density at radius 3 is 2.13 bits per heavy atom. The van der Waals surface area contributed by atoms with Gasteiger partial charge in [0.05, 0.1) is 22.5 Å². The number of hydrogen-bond acceptors (Lipinski definition) is 4. The van der Waals surface area contributed by atoms with Crippen molar-refractivity contribution in [3.63, 3.8) is 0 Å². The molecule has 1 amide bonds. The molecule has 39 heavy (non-hydrogen) atoms. The largest absolute Gasteiger partial charge is 0.478 e. The van der Waals surface area contributed by atoms with E-state index in [1.54, 1.807) is 12.1 Å². The van der Waals surface area contributed by atoms with Crippen LogP contribution in [0.4, 0.5) is 0 Å². The summed E-state index contributed by atoms with van der Waals surface area (Å²) in [5, 5.41) is 9.34. The summed E-state index contributed by atoms with van der Waals surface area (Å²) >= 11 is 0. The zero-order valence-corrected chi connectivity index (χ0v) is 24.0. The van der Waals surface area contributed by atoms with Crippen molar-refractivity contribution in [3.8, 4) is 11.3 Å². The lowest BCUT2D eigenvalue weighted by molar-refractivity contribution is 0.0695. The number of carboxylic acids is 1. The molecular weight excluding hydrogens is 488 g/mol. The molecule has 0 bridgehead atoms. The van der Waals surface area contributed by atoms with Gasteiger partial charge in [-0.05, 0) is 94.3 Å². The van der Waals surface area contributed by atoms with Crippen molar-refractivity contribution in [1.82, 2.24) is 19.2 Å². The second-order valence-corrected chi connectivity index (χ2v) is 11.7. The summed E-state index contributed by atoms with van der Waals surface area (Å²) in [5.41, 5.74) is 4.56. The molecule has 1 aromatic carbocycles. The summed E-state index contributed by atoms with van der Waals surface area (Å²) in [6.07, 6.45) is 8.29. The van der Waals surface area contributed by atoms with Crippen LogP contribution in [0.2, 0.25) is 0 Å². The maximum Gasteiger partial charge on any atom is 0.335 e. The van der Waals surface area contributed by atoms with Gasteiger partial charge in [-0.2, -0.15) is 0 Å². The summed E-state index contributed by atoms with van der Waals surface area (Å²) in [4.78, 5) is 34.6. The molecular formula is C32H44N4O3. The van der Waals surface area contributed by atoms with Crippen LogP contribution in [-0.4, -0.2) is 68.9 Å². The average molecular weight is 533 g/mol. The fraction of sp³-hybridized carbons (Fsp3) is 0.531. The summed E-state index contributed by atoms with van der Waals surface area (Å²) in [5.74, 6) is 0.202. The molecule has 210 valence electrons. The Hall–Kier alpha value is -3.19. The third kappa shape index (κ3) is 7.47. The first kappa shape index (κ1) is 28.8. The second kappa shape index (κ2) is 13.2. The lowest BCUT2D eigenvalue weighted by Gasteiger charge is -2.24. The number of aromatic nitrogens is 2. The molecule has 0 unspecified atom stereocenters. The molecule has 0 aliphatic carbocycles. The molecule has 0 saturated carbocycles. The third-order valence-corrected chi connectivity index (χ3v) is 7.70. The van der Waals surface area contributed by atoms with Gasteiger partial charge in [-0.1, -0.05) is 39.8 Å². The number of benzene rings is 1. The number of pyridine rings is 1. The Kier molecular flexibility index (Phi) is 9.78. The van der Waals surface area contributed by atoms with E-state index >= 15 is 0 Å². The molecule has 1 saturated heterocycles. The van der Waals surface area contributed by atoms with Gasteiger partial charge in [0.25, 0.3) is 5.91 Å². The van der Waals surface area contributed by atoms with Crippen molar-refractivity contribution >= 4 is 17.5 Å². The smallest absolute Gasteiger partial charge is 0.335 e. The lowest BCUT2D eigenvalue weighted by Crippen LogP contribution is -2.34. The van der Waals surface area contributed by atoms with E-state index in [9.17, 15) is 14.7 Å². The number of carbonyl (C=O) groups excluding carboxylic acids is 1. The van der Waals surface area contributed by atoms with Gasteiger partial charge < -0.3 is 19.3 Å². The molecule has 7 nitrogen and oxygen atoms in total. The number of rotatable bonds is 13. The minimum absolute atomic E-state index is 0.0716. The SMILES string of the molecule is CC(C)CCN(CCC(C)C)C(=O)c1ccc2nc(-c3ccc(C(=O)O)cc3)c(CCCN3CCCC3)n2c1. The van der Waals surface area contributed by atoms with Gasteiger partial charge in [-0.25, -0.2) is 9.78 Å². The van der Waals surface area contributed by atoms with Gasteiger partial charge in [-0.15, -0.1) is 0 Å². The van der Waals surface area contributed by atoms with E-state index in [-0.39, 0.29) is 11.5 Å². The zero-order valence-electron chi connectivity index (χ0n) is 24.0. The van der Waals surface area contributed by atoms with Crippen molar-refractivity contribution in [2.45, 2.75) is 66.2 Å². The number of aryl methyl sites for hydroxylation is 1. The maximum absolute atomic E-state index is 13.7. The Bertz CT molecular complexity index is 1240. The molecule has 1 fully saturated rings. The minimum Gasteiger partial charge on any atom is -0.478 e. The highest BCUT2D eigenvalue weighted by molar-refractivity contribution is 5.94. The van der Waals surface area contributed by atoms with Crippen molar-refractivity contribution in [3.05, 3.63) is 59.4 Å². The van der Waals surface area contributed by atoms with Crippen LogP contribution >= 0.6 is 0 Å². The quantitative estimate of drug-likeness (QED) is 0.281. The molecule has 1 aliphatic heterocycles. The Morgan fingerprint density at radius 2 is 1.54 bits per heavy atom. The van der Waals surface area contributed by atoms with Crippen LogP contribution in [-0.2, 0) is 6.42 Å². The molecule has 0 spiro atoms. The van der Waals surface area contributed by atoms with Gasteiger partial charge in [-0.3, -0.25) is 4.79 Å². The number of amides is 1. The van der Waals surface area contributed by atoms with Crippen molar-refractivity contribution in [1.29, 1.82) is 0 Å². The standard InChI is InChI=1S/C32H44N4O3/c1-23(2)15-20-35(21-16-24(3)4)31(37)27-13-14-29-33-30(25-9-11-26(12-10-25)32(38)39)28(36(29)22-27)8-7-19-34-17-5-6-18-34/h9-14,22-24H,5-8,15-21H2,1-4H3,(H,38,39). The van der Waals surface area contributed by atoms with Gasteiger partial charge in [0, 0.05) is 24.8 Å². The summed E-state index contributed by atoms with van der Waals surface area (Å²) in [6.45, 7) is 13.7. The van der Waals surface area contributed by atoms with Crippen LogP contribution in [0.25, 0.3) is 16.9 Å². The molecule has 0 radical (unpaired) electrons. The number of likely N-dealkylation sites (tertiary alicyclic amines) is 1. The highest BCUT2D eigenvalue weighted by Gasteiger charge is 2.21. The van der Waals surface area contributed by atoms with E-state index in [1.165, 1.54) is 12.8 Å². The first-order chi connectivity index (χ1) is 18.7. The van der Waals surface area contributed by atoms with Crippen LogP contribution in [0.1, 0.15) is 86.2 Å². The predicted octanol–water partition coefficient (Wildman–Crippen LogP) is 6.26. The van der Waals surface area contributed by atoms with Crippen LogP contribution in [0.5, 0.6) is 0 Å². The van der Waals surface area contributed by atoms with E-state index < -0.39 is 5.97 Å². The monoisotopic (exact) mass is 532 g/mol. The molecule has 3 heterocycles. The van der Waals surface area contributed by atoms with E-state index in [4.69, 9.17) is 4.98 Å². The first-order valence-electron chi connectivity index (χ1n) is 14.6. The van der Waals surface area contributed by atoms with E-state index in [1.807, 2.05) is 35.4 Å². The fourth-order valence-corrected chi connectivity index (χ4v) is 5.26. The molecule has 3 aromatic rings. The number of carbonyl (C=O) groups is 2. The van der Waals surface area contributed by atoms with E-state index in [2.05, 4.69) is 37.0 Å². The van der Waals surface area contributed by atoms with Crippen molar-refractivity contribution in [2.24, 2.45) is 11.8 Å². The normalized spacial score (nSPS) is 14.1. The van der Waals surface area contributed by atoms with Gasteiger partial charge in [0.2, 0.25) is 0 Å². The number of fused-ring (bicyclic) bond motifs is 1. The van der Waals surface area contributed by atoms with Gasteiger partial charge in [0.15, 0.2) is 0 Å². The predicted molar refractivity (Wildman–Crippen MR) is 156 cm³/mol. The fourth-order valence-electron chi connectivity index (χ4n) is 5.26. The van der Waals surface area contributed by atoms with Gasteiger partial charge >= 0.3 is 5.97 Å². The summed E-state index contributed by atoms with van der Waals surface area (Å²) in [7, 11) is 0. The van der Waals surface area contributed by atoms with Crippen LogP contribution in [0, 0.1) is 11.8 Å². The highest BCUT2D eigenvalue weighted by atomic mass is 16.4. The topological polar surface area (TPSA) is 78.1 Å². The first-order valence-corrected chi connectivity index (χ1v) is 14.6. The van der Waals surface area contributed by atoms with Crippen molar-refractivity contribution in [2.75, 3.05) is 32.7 Å². The Labute approximate surface area is 232 Å². The zero-order chi connectivity index (χ0) is 27.9. The second-order valence-electron chi connectivity index (χ2n) is 11.7. The van der Waals surface area contributed by atoms with Crippen molar-refractivity contribution < 1.29 is 14.7 Å². The van der Waals surface area contributed by atoms with Gasteiger partial charge in [0.1, 0.15) is 5.65 Å². The van der Waals surface area contributed by atoms with E-state index in [0.29, 0.717) is 17.4 Å². The summed E-state index contributed by atoms with van der Waals surface area (Å²) < 4.78 is 2.08. The van der Waals surface area contributed by atoms with E-state index in [0.717, 1.165) is 81.0 Å². The summed E-state index contributed by atoms with van der Waals surface area (Å²) in [6, 6.07) is 10.8. The average Bonchev–Trinajstić information content (AvgIpc) is 3.56. The molecule has 0 atom stereocenters. The molecule has 4 rings (SSSR count). The molecule has 1 aliphatic rings. The molecule has 1 N–H and O–H groups in total. The maximum atomic E-state index is 13.7. The molecule has 7 heteroatoms. The molecule has 2 aromatic heterocycles. The minimum atomic E-state index is -0.940. The van der Waals surface area contributed by atoms with Crippen LogP contribution in [0.3, 0.4) is 0 Å². The third-order valence-electron chi connectivity index (χ3n) is 7.70. The highest BCUT2D eigenvalue weighted by Crippen LogP contribution is 2.27.